The number of aryl methyl sites for hydroxylation is 1. The van der Waals surface area contributed by atoms with E-state index in [0.29, 0.717) is 17.2 Å². The van der Waals surface area contributed by atoms with E-state index in [9.17, 15) is 4.79 Å². The predicted octanol–water partition coefficient (Wildman–Crippen LogP) is 7.87. The first-order valence-corrected chi connectivity index (χ1v) is 11.7. The van der Waals surface area contributed by atoms with Crippen LogP contribution < -0.4 is 4.74 Å². The van der Waals surface area contributed by atoms with E-state index in [4.69, 9.17) is 4.74 Å². The van der Waals surface area contributed by atoms with Gasteiger partial charge in [-0.3, -0.25) is 0 Å². The summed E-state index contributed by atoms with van der Waals surface area (Å²) in [6.45, 7) is 4.42. The highest BCUT2D eigenvalue weighted by atomic mass is 16.5. The lowest BCUT2D eigenvalue weighted by atomic mass is 9.93. The van der Waals surface area contributed by atoms with Crippen LogP contribution in [0.2, 0.25) is 0 Å². The summed E-state index contributed by atoms with van der Waals surface area (Å²) < 4.78 is 5.53. The lowest BCUT2D eigenvalue weighted by Gasteiger charge is -2.12. The second-order valence-corrected chi connectivity index (χ2v) is 8.57. The molecule has 0 fully saturated rings. The second kappa shape index (κ2) is 10.8. The van der Waals surface area contributed by atoms with Crippen LogP contribution >= 0.6 is 0 Å². The molecular weight excluding hydrogens is 404 g/mol. The van der Waals surface area contributed by atoms with Crippen molar-refractivity contribution in [1.29, 1.82) is 0 Å². The Morgan fingerprint density at radius 2 is 1.30 bits per heavy atom. The summed E-state index contributed by atoms with van der Waals surface area (Å²) in [6.07, 6.45) is 3.14. The van der Waals surface area contributed by atoms with Crippen molar-refractivity contribution in [2.45, 2.75) is 39.0 Å². The summed E-state index contributed by atoms with van der Waals surface area (Å²) >= 11 is 0. The first kappa shape index (κ1) is 22.5. The molecule has 0 aromatic heterocycles. The van der Waals surface area contributed by atoms with Crippen LogP contribution in [-0.4, -0.2) is 5.97 Å². The number of hydrogen-bond acceptors (Lipinski definition) is 2. The average molecular weight is 435 g/mol. The molecule has 0 heterocycles. The lowest BCUT2D eigenvalue weighted by molar-refractivity contribution is 0.0734. The number of carbonyl (C=O) groups is 1. The molecule has 0 aliphatic heterocycles. The topological polar surface area (TPSA) is 26.3 Å². The van der Waals surface area contributed by atoms with Crippen molar-refractivity contribution in [2.24, 2.45) is 0 Å². The molecular formula is C31H30O2. The molecule has 4 aromatic rings. The Labute approximate surface area is 196 Å². The number of benzene rings is 4. The van der Waals surface area contributed by atoms with Crippen molar-refractivity contribution in [3.8, 4) is 16.9 Å². The van der Waals surface area contributed by atoms with Crippen molar-refractivity contribution >= 4 is 5.97 Å². The molecule has 1 atom stereocenters. The van der Waals surface area contributed by atoms with Crippen LogP contribution in [0.3, 0.4) is 0 Å². The summed E-state index contributed by atoms with van der Waals surface area (Å²) in [5.74, 6) is 0.712. The van der Waals surface area contributed by atoms with Gasteiger partial charge in [-0.25, -0.2) is 4.79 Å². The molecule has 0 spiro atoms. The molecule has 4 rings (SSSR count). The Morgan fingerprint density at radius 1 is 0.727 bits per heavy atom. The summed E-state index contributed by atoms with van der Waals surface area (Å²) in [6, 6.07) is 34.7. The number of hydrogen-bond donors (Lipinski definition) is 0. The fourth-order valence-corrected chi connectivity index (χ4v) is 4.06. The Kier molecular flexibility index (Phi) is 7.36. The van der Waals surface area contributed by atoms with Crippen LogP contribution in [0.25, 0.3) is 11.1 Å². The summed E-state index contributed by atoms with van der Waals surface area (Å²) in [5.41, 5.74) is 6.70. The zero-order chi connectivity index (χ0) is 23.0. The normalized spacial score (nSPS) is 11.7. The van der Waals surface area contributed by atoms with Crippen molar-refractivity contribution < 1.29 is 9.53 Å². The molecule has 0 amide bonds. The minimum atomic E-state index is -0.338. The summed E-state index contributed by atoms with van der Waals surface area (Å²) in [4.78, 5) is 12.5. The number of carbonyl (C=O) groups excluding carboxylic acids is 1. The molecule has 2 heteroatoms. The van der Waals surface area contributed by atoms with Gasteiger partial charge in [0.05, 0.1) is 5.56 Å². The van der Waals surface area contributed by atoms with Gasteiger partial charge in [-0.2, -0.15) is 0 Å². The molecule has 1 unspecified atom stereocenters. The minimum absolute atomic E-state index is 0.338. The van der Waals surface area contributed by atoms with Crippen LogP contribution in [0.1, 0.15) is 53.2 Å². The standard InChI is InChI=1S/C31H30O2/c1-3-7-24-12-20-30(21-13-24)33-31(32)29-18-16-28(17-19-29)27-14-10-25(11-15-27)22-23(2)26-8-5-4-6-9-26/h4-6,8-21,23H,3,7,22H2,1-2H3. The molecule has 33 heavy (non-hydrogen) atoms. The third-order valence-corrected chi connectivity index (χ3v) is 5.99. The van der Waals surface area contributed by atoms with Gasteiger partial charge in [-0.05, 0) is 70.8 Å². The Balaban J connectivity index is 1.37. The Bertz CT molecular complexity index is 1160. The maximum Gasteiger partial charge on any atom is 0.343 e. The number of rotatable bonds is 8. The lowest BCUT2D eigenvalue weighted by Crippen LogP contribution is -2.08. The Morgan fingerprint density at radius 3 is 1.91 bits per heavy atom. The van der Waals surface area contributed by atoms with Gasteiger partial charge >= 0.3 is 5.97 Å². The van der Waals surface area contributed by atoms with Gasteiger partial charge in [0, 0.05) is 0 Å². The van der Waals surface area contributed by atoms with Crippen LogP contribution in [0.15, 0.2) is 103 Å². The van der Waals surface area contributed by atoms with Gasteiger partial charge in [-0.15, -0.1) is 0 Å². The first-order chi connectivity index (χ1) is 16.1. The Hall–Kier alpha value is -3.65. The van der Waals surface area contributed by atoms with Gasteiger partial charge in [0.15, 0.2) is 0 Å². The summed E-state index contributed by atoms with van der Waals surface area (Å²) in [5, 5.41) is 0. The van der Waals surface area contributed by atoms with Gasteiger partial charge < -0.3 is 4.74 Å². The average Bonchev–Trinajstić information content (AvgIpc) is 2.86. The van der Waals surface area contributed by atoms with Crippen molar-refractivity contribution in [3.63, 3.8) is 0 Å². The van der Waals surface area contributed by atoms with Gasteiger partial charge in [0.1, 0.15) is 5.75 Å². The smallest absolute Gasteiger partial charge is 0.343 e. The van der Waals surface area contributed by atoms with Crippen molar-refractivity contribution in [2.75, 3.05) is 0 Å². The highest BCUT2D eigenvalue weighted by Gasteiger charge is 2.10. The van der Waals surface area contributed by atoms with Crippen LogP contribution in [0.4, 0.5) is 0 Å². The maximum absolute atomic E-state index is 12.5. The van der Waals surface area contributed by atoms with Gasteiger partial charge in [-0.1, -0.05) is 99.1 Å². The van der Waals surface area contributed by atoms with Crippen LogP contribution in [0.5, 0.6) is 5.75 Å². The highest BCUT2D eigenvalue weighted by Crippen LogP contribution is 2.24. The largest absolute Gasteiger partial charge is 0.423 e. The van der Waals surface area contributed by atoms with E-state index in [1.54, 1.807) is 0 Å². The molecule has 0 aliphatic rings. The molecule has 0 aliphatic carbocycles. The fraction of sp³-hybridized carbons (Fsp3) is 0.194. The van der Waals surface area contributed by atoms with E-state index >= 15 is 0 Å². The zero-order valence-corrected chi connectivity index (χ0v) is 19.3. The maximum atomic E-state index is 12.5. The molecule has 0 saturated carbocycles. The van der Waals surface area contributed by atoms with Crippen LogP contribution in [0, 0.1) is 0 Å². The van der Waals surface area contributed by atoms with Gasteiger partial charge in [0.2, 0.25) is 0 Å². The first-order valence-electron chi connectivity index (χ1n) is 11.7. The van der Waals surface area contributed by atoms with E-state index in [2.05, 4.69) is 68.4 Å². The van der Waals surface area contributed by atoms with Crippen molar-refractivity contribution in [3.05, 3.63) is 125 Å². The van der Waals surface area contributed by atoms with E-state index in [1.807, 2.05) is 48.5 Å². The molecule has 0 saturated heterocycles. The van der Waals surface area contributed by atoms with E-state index in [0.717, 1.165) is 30.4 Å². The third kappa shape index (κ3) is 5.98. The predicted molar refractivity (Wildman–Crippen MR) is 136 cm³/mol. The van der Waals surface area contributed by atoms with E-state index in [-0.39, 0.29) is 5.97 Å². The molecule has 0 bridgehead atoms. The van der Waals surface area contributed by atoms with Crippen molar-refractivity contribution in [1.82, 2.24) is 0 Å². The molecule has 2 nitrogen and oxygen atoms in total. The summed E-state index contributed by atoms with van der Waals surface area (Å²) in [7, 11) is 0. The molecule has 4 aromatic carbocycles. The third-order valence-electron chi connectivity index (χ3n) is 5.99. The highest BCUT2D eigenvalue weighted by molar-refractivity contribution is 5.91. The second-order valence-electron chi connectivity index (χ2n) is 8.57. The fourth-order valence-electron chi connectivity index (χ4n) is 4.06. The SMILES string of the molecule is CCCc1ccc(OC(=O)c2ccc(-c3ccc(CC(C)c4ccccc4)cc3)cc2)cc1. The number of esters is 1. The number of ether oxygens (including phenoxy) is 1. The molecule has 0 N–H and O–H groups in total. The quantitative estimate of drug-likeness (QED) is 0.208. The van der Waals surface area contributed by atoms with Gasteiger partial charge in [0.25, 0.3) is 0 Å². The minimum Gasteiger partial charge on any atom is -0.423 e. The van der Waals surface area contributed by atoms with E-state index < -0.39 is 0 Å². The molecule has 166 valence electrons. The van der Waals surface area contributed by atoms with Crippen LogP contribution in [-0.2, 0) is 12.8 Å². The van der Waals surface area contributed by atoms with E-state index in [1.165, 1.54) is 16.7 Å². The molecule has 0 radical (unpaired) electrons. The zero-order valence-electron chi connectivity index (χ0n) is 19.3. The monoisotopic (exact) mass is 434 g/mol.